The summed E-state index contributed by atoms with van der Waals surface area (Å²) in [7, 11) is -3.67. The number of hydrogen-bond acceptors (Lipinski definition) is 5. The Morgan fingerprint density at radius 1 is 1.36 bits per heavy atom. The normalized spacial score (nSPS) is 16.7. The molecule has 3 rings (SSSR count). The summed E-state index contributed by atoms with van der Waals surface area (Å²) in [5.41, 5.74) is 2.23. The van der Waals surface area contributed by atoms with Crippen molar-refractivity contribution in [1.82, 2.24) is 9.29 Å². The number of carbonyl (C=O) groups is 1. The van der Waals surface area contributed by atoms with Crippen LogP contribution in [0.4, 0.5) is 5.13 Å². The van der Waals surface area contributed by atoms with Gasteiger partial charge in [0.25, 0.3) is 10.2 Å². The summed E-state index contributed by atoms with van der Waals surface area (Å²) in [5.74, 6) is -0.358. The number of aromatic nitrogens is 1. The summed E-state index contributed by atoms with van der Waals surface area (Å²) in [6, 6.07) is 8.10. The lowest BCUT2D eigenvalue weighted by Gasteiger charge is -2.28. The first-order valence-electron chi connectivity index (χ1n) is 7.94. The van der Waals surface area contributed by atoms with Crippen molar-refractivity contribution >= 4 is 32.6 Å². The molecule has 7 nitrogen and oxygen atoms in total. The summed E-state index contributed by atoms with van der Waals surface area (Å²) in [5, 5.41) is 8.50. The number of carbonyl (C=O) groups excluding carboxylic acids is 1. The number of anilines is 1. The number of nitrogens with two attached hydrogens (primary N) is 1. The lowest BCUT2D eigenvalue weighted by Crippen LogP contribution is -2.44. The van der Waals surface area contributed by atoms with Crippen LogP contribution >= 0.6 is 11.3 Å². The molecule has 1 amide bonds. The van der Waals surface area contributed by atoms with E-state index in [1.54, 1.807) is 6.20 Å². The zero-order valence-corrected chi connectivity index (χ0v) is 15.4. The Morgan fingerprint density at radius 3 is 2.72 bits per heavy atom. The standard InChI is InChI=1S/C16H20N4O3S2/c1-11-3-2-4-13(9-11)14-10-18-16(24-14)19-15(21)12-5-7-20(8-6-12)25(17,22)23/h2-4,9-10,12H,5-8H2,1H3,(H2,17,22,23)(H,18,19,21). The van der Waals surface area contributed by atoms with Crippen molar-refractivity contribution in [1.29, 1.82) is 0 Å². The number of aryl methyl sites for hydroxylation is 1. The number of amides is 1. The fourth-order valence-corrected chi connectivity index (χ4v) is 4.38. The van der Waals surface area contributed by atoms with E-state index in [1.165, 1.54) is 15.6 Å². The highest BCUT2D eigenvalue weighted by atomic mass is 32.2. The van der Waals surface area contributed by atoms with Crippen LogP contribution in [0.5, 0.6) is 0 Å². The molecule has 1 saturated heterocycles. The van der Waals surface area contributed by atoms with Gasteiger partial charge in [-0.05, 0) is 25.3 Å². The van der Waals surface area contributed by atoms with Gasteiger partial charge < -0.3 is 5.32 Å². The summed E-state index contributed by atoms with van der Waals surface area (Å²) >= 11 is 1.42. The van der Waals surface area contributed by atoms with Crippen LogP contribution in [0.3, 0.4) is 0 Å². The minimum Gasteiger partial charge on any atom is -0.302 e. The third kappa shape index (κ3) is 4.43. The molecule has 0 aliphatic carbocycles. The van der Waals surface area contributed by atoms with Crippen LogP contribution in [-0.2, 0) is 15.0 Å². The fraction of sp³-hybridized carbons (Fsp3) is 0.375. The Morgan fingerprint density at radius 2 is 2.08 bits per heavy atom. The maximum atomic E-state index is 12.4. The first-order valence-corrected chi connectivity index (χ1v) is 10.3. The zero-order chi connectivity index (χ0) is 18.0. The zero-order valence-electron chi connectivity index (χ0n) is 13.8. The number of thiazole rings is 1. The molecule has 0 unspecified atom stereocenters. The monoisotopic (exact) mass is 380 g/mol. The van der Waals surface area contributed by atoms with Crippen LogP contribution in [0, 0.1) is 12.8 Å². The summed E-state index contributed by atoms with van der Waals surface area (Å²) in [6.45, 7) is 2.56. The van der Waals surface area contributed by atoms with Crippen molar-refractivity contribution in [3.05, 3.63) is 36.0 Å². The summed E-state index contributed by atoms with van der Waals surface area (Å²) < 4.78 is 23.8. The second kappa shape index (κ2) is 7.20. The predicted octanol–water partition coefficient (Wildman–Crippen LogP) is 1.97. The van der Waals surface area contributed by atoms with Crippen molar-refractivity contribution in [3.8, 4) is 10.4 Å². The van der Waals surface area contributed by atoms with Gasteiger partial charge in [-0.2, -0.15) is 12.7 Å². The molecule has 1 aromatic carbocycles. The van der Waals surface area contributed by atoms with E-state index in [0.29, 0.717) is 18.0 Å². The molecule has 0 saturated carbocycles. The molecule has 2 heterocycles. The molecule has 1 aliphatic rings. The van der Waals surface area contributed by atoms with Gasteiger partial charge in [-0.25, -0.2) is 10.1 Å². The van der Waals surface area contributed by atoms with Crippen molar-refractivity contribution in [2.45, 2.75) is 19.8 Å². The minimum atomic E-state index is -3.67. The highest BCUT2D eigenvalue weighted by Crippen LogP contribution is 2.30. The predicted molar refractivity (Wildman–Crippen MR) is 98.3 cm³/mol. The van der Waals surface area contributed by atoms with Crippen LogP contribution in [-0.4, -0.2) is 36.7 Å². The summed E-state index contributed by atoms with van der Waals surface area (Å²) in [6.07, 6.45) is 2.66. The van der Waals surface area contributed by atoms with Gasteiger partial charge in [0.05, 0.1) is 4.88 Å². The number of nitrogens with one attached hydrogen (secondary N) is 1. The van der Waals surface area contributed by atoms with Gasteiger partial charge in [-0.3, -0.25) is 4.79 Å². The van der Waals surface area contributed by atoms with E-state index in [1.807, 2.05) is 25.1 Å². The molecule has 9 heteroatoms. The average molecular weight is 380 g/mol. The lowest BCUT2D eigenvalue weighted by atomic mass is 9.97. The van der Waals surface area contributed by atoms with E-state index in [4.69, 9.17) is 5.14 Å². The van der Waals surface area contributed by atoms with Gasteiger partial charge in [0, 0.05) is 25.2 Å². The molecule has 1 aromatic heterocycles. The molecule has 3 N–H and O–H groups in total. The van der Waals surface area contributed by atoms with E-state index in [9.17, 15) is 13.2 Å². The van der Waals surface area contributed by atoms with Gasteiger partial charge >= 0.3 is 0 Å². The van der Waals surface area contributed by atoms with Crippen molar-refractivity contribution in [3.63, 3.8) is 0 Å². The average Bonchev–Trinajstić information content (AvgIpc) is 3.03. The van der Waals surface area contributed by atoms with Crippen molar-refractivity contribution in [2.24, 2.45) is 11.1 Å². The topological polar surface area (TPSA) is 105 Å². The van der Waals surface area contributed by atoms with E-state index in [-0.39, 0.29) is 24.9 Å². The minimum absolute atomic E-state index is 0.126. The lowest BCUT2D eigenvalue weighted by molar-refractivity contribution is -0.120. The van der Waals surface area contributed by atoms with Crippen molar-refractivity contribution < 1.29 is 13.2 Å². The van der Waals surface area contributed by atoms with Gasteiger partial charge in [0.15, 0.2) is 5.13 Å². The second-order valence-corrected chi connectivity index (χ2v) is 8.68. The van der Waals surface area contributed by atoms with E-state index in [2.05, 4.69) is 16.4 Å². The molecule has 0 atom stereocenters. The Bertz CT molecular complexity index is 871. The molecular formula is C16H20N4O3S2. The van der Waals surface area contributed by atoms with E-state index < -0.39 is 10.2 Å². The number of rotatable bonds is 4. The summed E-state index contributed by atoms with van der Waals surface area (Å²) in [4.78, 5) is 17.6. The van der Waals surface area contributed by atoms with Crippen LogP contribution in [0.2, 0.25) is 0 Å². The molecule has 2 aromatic rings. The van der Waals surface area contributed by atoms with Gasteiger partial charge in [-0.1, -0.05) is 41.2 Å². The molecule has 0 radical (unpaired) electrons. The molecule has 1 aliphatic heterocycles. The fourth-order valence-electron chi connectivity index (χ4n) is 2.84. The molecule has 0 spiro atoms. The van der Waals surface area contributed by atoms with Crippen molar-refractivity contribution in [2.75, 3.05) is 18.4 Å². The highest BCUT2D eigenvalue weighted by Gasteiger charge is 2.29. The van der Waals surface area contributed by atoms with Crippen LogP contribution < -0.4 is 10.5 Å². The molecule has 134 valence electrons. The Kier molecular flexibility index (Phi) is 5.19. The number of benzene rings is 1. The quantitative estimate of drug-likeness (QED) is 0.846. The first kappa shape index (κ1) is 18.0. The van der Waals surface area contributed by atoms with Gasteiger partial charge in [0.2, 0.25) is 5.91 Å². The maximum absolute atomic E-state index is 12.4. The molecular weight excluding hydrogens is 360 g/mol. The number of nitrogens with zero attached hydrogens (tertiary/aromatic N) is 2. The third-order valence-corrected chi connectivity index (χ3v) is 6.27. The second-order valence-electron chi connectivity index (χ2n) is 6.11. The van der Waals surface area contributed by atoms with Crippen LogP contribution in [0.25, 0.3) is 10.4 Å². The maximum Gasteiger partial charge on any atom is 0.276 e. The van der Waals surface area contributed by atoms with Gasteiger partial charge in [-0.15, -0.1) is 0 Å². The Labute approximate surface area is 151 Å². The SMILES string of the molecule is Cc1cccc(-c2cnc(NC(=O)C3CCN(S(N)(=O)=O)CC3)s2)c1. The Hall–Kier alpha value is -1.81. The third-order valence-electron chi connectivity index (χ3n) is 4.22. The Balaban J connectivity index is 1.61. The smallest absolute Gasteiger partial charge is 0.276 e. The first-order chi connectivity index (χ1) is 11.8. The number of hydrogen-bond donors (Lipinski definition) is 2. The molecule has 0 bridgehead atoms. The number of piperidine rings is 1. The van der Waals surface area contributed by atoms with Crippen LogP contribution in [0.15, 0.2) is 30.5 Å². The molecule has 1 fully saturated rings. The highest BCUT2D eigenvalue weighted by molar-refractivity contribution is 7.86. The molecule has 25 heavy (non-hydrogen) atoms. The van der Waals surface area contributed by atoms with E-state index >= 15 is 0 Å². The van der Waals surface area contributed by atoms with Crippen LogP contribution in [0.1, 0.15) is 18.4 Å². The van der Waals surface area contributed by atoms with Gasteiger partial charge in [0.1, 0.15) is 0 Å². The largest absolute Gasteiger partial charge is 0.302 e. The van der Waals surface area contributed by atoms with E-state index in [0.717, 1.165) is 16.0 Å².